The number of hydrogen-bond donors (Lipinski definition) is 2. The summed E-state index contributed by atoms with van der Waals surface area (Å²) in [5.41, 5.74) is 0.479. The minimum Gasteiger partial charge on any atom is -0.493 e. The molecule has 0 saturated carbocycles. The molecule has 0 saturated heterocycles. The summed E-state index contributed by atoms with van der Waals surface area (Å²) in [7, 11) is 1.39. The van der Waals surface area contributed by atoms with Crippen LogP contribution >= 0.6 is 0 Å². The van der Waals surface area contributed by atoms with Gasteiger partial charge in [-0.1, -0.05) is 24.3 Å². The highest BCUT2D eigenvalue weighted by Gasteiger charge is 2.14. The quantitative estimate of drug-likeness (QED) is 0.469. The van der Waals surface area contributed by atoms with Crippen LogP contribution in [-0.4, -0.2) is 30.1 Å². The van der Waals surface area contributed by atoms with E-state index >= 15 is 0 Å². The topological polar surface area (TPSA) is 102 Å². The second-order valence-electron chi connectivity index (χ2n) is 5.19. The van der Waals surface area contributed by atoms with Gasteiger partial charge in [-0.15, -0.1) is 0 Å². The highest BCUT2D eigenvalue weighted by Crippen LogP contribution is 2.29. The van der Waals surface area contributed by atoms with Crippen LogP contribution in [0.1, 0.15) is 22.8 Å². The molecule has 134 valence electrons. The Balaban J connectivity index is 2.29. The molecule has 1 amide bonds. The third kappa shape index (κ3) is 4.94. The summed E-state index contributed by atoms with van der Waals surface area (Å²) in [6, 6.07) is 12.8. The number of amides is 1. The number of aliphatic carboxylic acids is 1. The van der Waals surface area contributed by atoms with Crippen LogP contribution in [0.4, 0.5) is 0 Å². The first-order chi connectivity index (χ1) is 12.4. The number of esters is 1. The van der Waals surface area contributed by atoms with Gasteiger partial charge in [-0.2, -0.15) is 0 Å². The van der Waals surface area contributed by atoms with Gasteiger partial charge < -0.3 is 19.9 Å². The number of carbonyl (C=O) groups excluding carboxylic acids is 2. The molecule has 0 atom stereocenters. The van der Waals surface area contributed by atoms with Crippen molar-refractivity contribution in [2.24, 2.45) is 0 Å². The van der Waals surface area contributed by atoms with E-state index in [2.05, 4.69) is 5.32 Å². The van der Waals surface area contributed by atoms with Gasteiger partial charge in [0.05, 0.1) is 7.11 Å². The van der Waals surface area contributed by atoms with Crippen molar-refractivity contribution in [2.75, 3.05) is 7.11 Å². The van der Waals surface area contributed by atoms with Crippen LogP contribution in [0.3, 0.4) is 0 Å². The van der Waals surface area contributed by atoms with E-state index in [1.54, 1.807) is 36.4 Å². The van der Waals surface area contributed by atoms with Crippen molar-refractivity contribution in [1.29, 1.82) is 0 Å². The summed E-state index contributed by atoms with van der Waals surface area (Å²) in [6.07, 6.45) is 1.28. The van der Waals surface area contributed by atoms with Crippen LogP contribution in [0.2, 0.25) is 0 Å². The first-order valence-corrected chi connectivity index (χ1v) is 7.58. The molecule has 0 aliphatic carbocycles. The highest BCUT2D eigenvalue weighted by atomic mass is 16.6. The predicted molar refractivity (Wildman–Crippen MR) is 93.8 cm³/mol. The lowest BCUT2D eigenvalue weighted by molar-refractivity contribution is -0.133. The van der Waals surface area contributed by atoms with Gasteiger partial charge in [-0.3, -0.25) is 9.59 Å². The van der Waals surface area contributed by atoms with Crippen molar-refractivity contribution >= 4 is 23.9 Å². The zero-order chi connectivity index (χ0) is 19.1. The maximum atomic E-state index is 12.2. The molecule has 7 nitrogen and oxygen atoms in total. The van der Waals surface area contributed by atoms with Gasteiger partial charge in [0, 0.05) is 12.5 Å². The molecule has 0 radical (unpaired) electrons. The first-order valence-electron chi connectivity index (χ1n) is 7.58. The number of ether oxygens (including phenoxy) is 2. The average Bonchev–Trinajstić information content (AvgIpc) is 2.62. The van der Waals surface area contributed by atoms with E-state index in [0.29, 0.717) is 11.1 Å². The fourth-order valence-electron chi connectivity index (χ4n) is 2.12. The number of methoxy groups -OCH3 is 1. The van der Waals surface area contributed by atoms with E-state index in [0.717, 1.165) is 0 Å². The lowest BCUT2D eigenvalue weighted by atomic mass is 10.1. The minimum absolute atomic E-state index is 0.211. The molecule has 0 fully saturated rings. The second-order valence-corrected chi connectivity index (χ2v) is 5.19. The zero-order valence-electron chi connectivity index (χ0n) is 14.2. The van der Waals surface area contributed by atoms with E-state index in [1.165, 1.54) is 32.2 Å². The first kappa shape index (κ1) is 18.7. The van der Waals surface area contributed by atoms with Crippen molar-refractivity contribution in [2.45, 2.75) is 6.92 Å². The van der Waals surface area contributed by atoms with Crippen molar-refractivity contribution in [3.8, 4) is 11.5 Å². The van der Waals surface area contributed by atoms with Crippen LogP contribution in [-0.2, 0) is 9.59 Å². The van der Waals surface area contributed by atoms with Gasteiger partial charge >= 0.3 is 11.9 Å². The lowest BCUT2D eigenvalue weighted by Crippen LogP contribution is -2.27. The number of nitrogens with one attached hydrogen (secondary N) is 1. The second kappa shape index (κ2) is 8.48. The molecule has 0 aliphatic rings. The molecule has 2 N–H and O–H groups in total. The maximum Gasteiger partial charge on any atom is 0.352 e. The van der Waals surface area contributed by atoms with Gasteiger partial charge in [-0.25, -0.2) is 4.79 Å². The van der Waals surface area contributed by atoms with Gasteiger partial charge in [0.25, 0.3) is 5.91 Å². The highest BCUT2D eigenvalue weighted by molar-refractivity contribution is 6.02. The van der Waals surface area contributed by atoms with E-state index < -0.39 is 17.8 Å². The van der Waals surface area contributed by atoms with Crippen molar-refractivity contribution in [3.63, 3.8) is 0 Å². The molecule has 26 heavy (non-hydrogen) atoms. The Labute approximate surface area is 149 Å². The molecule has 2 aromatic rings. The van der Waals surface area contributed by atoms with E-state index in [9.17, 15) is 19.5 Å². The Morgan fingerprint density at radius 3 is 2.31 bits per heavy atom. The van der Waals surface area contributed by atoms with E-state index in [4.69, 9.17) is 9.47 Å². The number of benzene rings is 2. The summed E-state index contributed by atoms with van der Waals surface area (Å²) in [5, 5.41) is 11.7. The molecular weight excluding hydrogens is 338 g/mol. The van der Waals surface area contributed by atoms with Crippen LogP contribution in [0, 0.1) is 0 Å². The summed E-state index contributed by atoms with van der Waals surface area (Å²) in [6.45, 7) is 1.26. The largest absolute Gasteiger partial charge is 0.493 e. The summed E-state index contributed by atoms with van der Waals surface area (Å²) >= 11 is 0. The molecule has 2 rings (SSSR count). The Bertz CT molecular complexity index is 858. The number of carboxylic acid groups (broad SMARTS) is 1. The van der Waals surface area contributed by atoms with E-state index in [1.807, 2.05) is 0 Å². The predicted octanol–water partition coefficient (Wildman–Crippen LogP) is 2.48. The zero-order valence-corrected chi connectivity index (χ0v) is 14.2. The van der Waals surface area contributed by atoms with Crippen LogP contribution < -0.4 is 14.8 Å². The smallest absolute Gasteiger partial charge is 0.352 e. The molecule has 0 unspecified atom stereocenters. The lowest BCUT2D eigenvalue weighted by Gasteiger charge is -2.10. The fraction of sp³-hybridized carbons (Fsp3) is 0.105. The number of rotatable bonds is 6. The number of carboxylic acids is 1. The Hall–Kier alpha value is -3.61. The third-order valence-electron chi connectivity index (χ3n) is 3.27. The Morgan fingerprint density at radius 1 is 1.04 bits per heavy atom. The summed E-state index contributed by atoms with van der Waals surface area (Å²) in [5.74, 6) is -1.87. The monoisotopic (exact) mass is 355 g/mol. The van der Waals surface area contributed by atoms with Crippen molar-refractivity contribution in [1.82, 2.24) is 5.32 Å². The molecule has 2 aromatic carbocycles. The maximum absolute atomic E-state index is 12.2. The molecule has 0 aliphatic heterocycles. The van der Waals surface area contributed by atoms with Crippen molar-refractivity contribution in [3.05, 3.63) is 65.4 Å². The SMILES string of the molecule is COc1cc(C=C(NC(=O)c2ccccc2)C(=O)O)ccc1OC(C)=O. The molecule has 0 aromatic heterocycles. The van der Waals surface area contributed by atoms with Crippen LogP contribution in [0.25, 0.3) is 6.08 Å². The molecule has 0 heterocycles. The average molecular weight is 355 g/mol. The Morgan fingerprint density at radius 2 is 1.73 bits per heavy atom. The van der Waals surface area contributed by atoms with Crippen LogP contribution in [0.15, 0.2) is 54.2 Å². The molecule has 7 heteroatoms. The Kier molecular flexibility index (Phi) is 6.10. The number of hydrogen-bond acceptors (Lipinski definition) is 5. The summed E-state index contributed by atoms with van der Waals surface area (Å²) in [4.78, 5) is 34.7. The van der Waals surface area contributed by atoms with Gasteiger partial charge in [-0.05, 0) is 35.9 Å². The van der Waals surface area contributed by atoms with Crippen molar-refractivity contribution < 1.29 is 29.0 Å². The molecule has 0 bridgehead atoms. The molecular formula is C19H17NO6. The third-order valence-corrected chi connectivity index (χ3v) is 3.27. The number of carbonyl (C=O) groups is 3. The van der Waals surface area contributed by atoms with Gasteiger partial charge in [0.15, 0.2) is 11.5 Å². The minimum atomic E-state index is -1.29. The van der Waals surface area contributed by atoms with Gasteiger partial charge in [0.1, 0.15) is 5.70 Å². The molecule has 0 spiro atoms. The van der Waals surface area contributed by atoms with Gasteiger partial charge in [0.2, 0.25) is 0 Å². The van der Waals surface area contributed by atoms with Crippen LogP contribution in [0.5, 0.6) is 11.5 Å². The summed E-state index contributed by atoms with van der Waals surface area (Å²) < 4.78 is 10.1. The fourth-order valence-corrected chi connectivity index (χ4v) is 2.12. The van der Waals surface area contributed by atoms with E-state index in [-0.39, 0.29) is 17.2 Å². The normalized spacial score (nSPS) is 10.8. The standard InChI is InChI=1S/C19H17NO6/c1-12(21)26-16-9-8-13(11-17(16)25-2)10-15(19(23)24)20-18(22)14-6-4-3-5-7-14/h3-11H,1-2H3,(H,20,22)(H,23,24).